The molecule has 120 valence electrons. The van der Waals surface area contributed by atoms with Crippen molar-refractivity contribution in [2.75, 3.05) is 12.4 Å². The monoisotopic (exact) mass is 331 g/mol. The summed E-state index contributed by atoms with van der Waals surface area (Å²) in [5, 5.41) is 5.49. The van der Waals surface area contributed by atoms with Crippen LogP contribution in [-0.2, 0) is 19.5 Å². The minimum Gasteiger partial charge on any atom is -0.293 e. The molecule has 5 heteroatoms. The maximum atomic E-state index is 6.55. The molecule has 1 saturated carbocycles. The van der Waals surface area contributed by atoms with E-state index in [0.717, 1.165) is 42.5 Å². The van der Waals surface area contributed by atoms with Crippen molar-refractivity contribution in [1.29, 1.82) is 0 Å². The maximum Gasteiger partial charge on any atom is 0.0863 e. The van der Waals surface area contributed by atoms with Crippen molar-refractivity contribution in [3.63, 3.8) is 0 Å². The zero-order valence-corrected chi connectivity index (χ0v) is 14.8. The van der Waals surface area contributed by atoms with Gasteiger partial charge in [0.15, 0.2) is 0 Å². The number of aryl methyl sites for hydroxylation is 2. The fourth-order valence-electron chi connectivity index (χ4n) is 3.31. The Balaban J connectivity index is 2.17. The Hall–Kier alpha value is -0.250. The molecular formula is C16H27Cl2N3. The molecule has 0 saturated heterocycles. The SMILES string of the molecule is CCc1nn(CC)c(CN(CCCl)C2CCCCC2)c1Cl. The van der Waals surface area contributed by atoms with Crippen LogP contribution in [0, 0.1) is 0 Å². The van der Waals surface area contributed by atoms with Crippen LogP contribution >= 0.6 is 23.2 Å². The molecule has 0 aromatic carbocycles. The van der Waals surface area contributed by atoms with Gasteiger partial charge in [0.2, 0.25) is 0 Å². The van der Waals surface area contributed by atoms with Gasteiger partial charge < -0.3 is 0 Å². The third kappa shape index (κ3) is 4.14. The van der Waals surface area contributed by atoms with Crippen molar-refractivity contribution in [2.24, 2.45) is 0 Å². The summed E-state index contributed by atoms with van der Waals surface area (Å²) in [5.74, 6) is 0.676. The summed E-state index contributed by atoms with van der Waals surface area (Å²) in [6.07, 6.45) is 7.51. The summed E-state index contributed by atoms with van der Waals surface area (Å²) in [5.41, 5.74) is 2.18. The first-order chi connectivity index (χ1) is 10.2. The molecule has 2 rings (SSSR count). The topological polar surface area (TPSA) is 21.1 Å². The Morgan fingerprint density at radius 2 is 1.95 bits per heavy atom. The number of aromatic nitrogens is 2. The first kappa shape index (κ1) is 17.1. The molecule has 1 aliphatic carbocycles. The molecule has 0 amide bonds. The van der Waals surface area contributed by atoms with Crippen molar-refractivity contribution in [3.05, 3.63) is 16.4 Å². The summed E-state index contributed by atoms with van der Waals surface area (Å²) in [4.78, 5) is 2.51. The average molecular weight is 332 g/mol. The van der Waals surface area contributed by atoms with E-state index in [1.54, 1.807) is 0 Å². The highest BCUT2D eigenvalue weighted by Gasteiger charge is 2.24. The van der Waals surface area contributed by atoms with Crippen LogP contribution in [0.1, 0.15) is 57.3 Å². The average Bonchev–Trinajstić information content (AvgIpc) is 2.83. The lowest BCUT2D eigenvalue weighted by atomic mass is 9.94. The zero-order chi connectivity index (χ0) is 15.2. The van der Waals surface area contributed by atoms with Crippen molar-refractivity contribution < 1.29 is 0 Å². The second kappa shape index (κ2) is 8.40. The molecule has 1 aliphatic rings. The fraction of sp³-hybridized carbons (Fsp3) is 0.812. The number of halogens is 2. The number of rotatable bonds is 7. The second-order valence-electron chi connectivity index (χ2n) is 5.83. The molecular weight excluding hydrogens is 305 g/mol. The Labute approximate surface area is 138 Å². The van der Waals surface area contributed by atoms with Crippen LogP contribution in [0.4, 0.5) is 0 Å². The van der Waals surface area contributed by atoms with Crippen molar-refractivity contribution in [1.82, 2.24) is 14.7 Å². The van der Waals surface area contributed by atoms with E-state index in [1.807, 2.05) is 0 Å². The molecule has 3 nitrogen and oxygen atoms in total. The summed E-state index contributed by atoms with van der Waals surface area (Å²) >= 11 is 12.6. The molecule has 0 atom stereocenters. The first-order valence-corrected chi connectivity index (χ1v) is 9.16. The van der Waals surface area contributed by atoms with Crippen molar-refractivity contribution in [3.8, 4) is 0 Å². The quantitative estimate of drug-likeness (QED) is 0.686. The maximum absolute atomic E-state index is 6.55. The van der Waals surface area contributed by atoms with E-state index < -0.39 is 0 Å². The molecule has 0 radical (unpaired) electrons. The minimum atomic E-state index is 0.652. The summed E-state index contributed by atoms with van der Waals surface area (Å²) in [7, 11) is 0. The molecule has 1 aromatic rings. The summed E-state index contributed by atoms with van der Waals surface area (Å²) in [6, 6.07) is 0.652. The largest absolute Gasteiger partial charge is 0.293 e. The molecule has 1 aromatic heterocycles. The standard InChI is InChI=1S/C16H27Cl2N3/c1-3-14-16(18)15(21(4-2)19-14)12-20(11-10-17)13-8-6-5-7-9-13/h13H,3-12H2,1-2H3. The lowest BCUT2D eigenvalue weighted by Gasteiger charge is -2.34. The van der Waals surface area contributed by atoms with Crippen LogP contribution < -0.4 is 0 Å². The van der Waals surface area contributed by atoms with Crippen LogP contribution in [0.3, 0.4) is 0 Å². The molecule has 1 fully saturated rings. The third-order valence-corrected chi connectivity index (χ3v) is 5.12. The molecule has 21 heavy (non-hydrogen) atoms. The van der Waals surface area contributed by atoms with Crippen molar-refractivity contribution >= 4 is 23.2 Å². The Bertz CT molecular complexity index is 439. The van der Waals surface area contributed by atoms with Crippen molar-refractivity contribution in [2.45, 2.75) is 71.5 Å². The van der Waals surface area contributed by atoms with E-state index in [-0.39, 0.29) is 0 Å². The normalized spacial score (nSPS) is 16.8. The highest BCUT2D eigenvalue weighted by molar-refractivity contribution is 6.31. The highest BCUT2D eigenvalue weighted by atomic mass is 35.5. The van der Waals surface area contributed by atoms with Gasteiger partial charge >= 0.3 is 0 Å². The van der Waals surface area contributed by atoms with E-state index in [2.05, 4.69) is 28.5 Å². The molecule has 0 bridgehead atoms. The van der Waals surface area contributed by atoms with Crippen LogP contribution in [0.25, 0.3) is 0 Å². The predicted molar refractivity (Wildman–Crippen MR) is 90.3 cm³/mol. The van der Waals surface area contributed by atoms with Gasteiger partial charge in [-0.1, -0.05) is 37.8 Å². The third-order valence-electron chi connectivity index (χ3n) is 4.51. The van der Waals surface area contributed by atoms with Gasteiger partial charge in [-0.15, -0.1) is 11.6 Å². The predicted octanol–water partition coefficient (Wildman–Crippen LogP) is 4.49. The summed E-state index contributed by atoms with van der Waals surface area (Å²) < 4.78 is 2.06. The van der Waals surface area contributed by atoms with E-state index >= 15 is 0 Å². The Morgan fingerprint density at radius 1 is 1.24 bits per heavy atom. The number of alkyl halides is 1. The Morgan fingerprint density at radius 3 is 2.52 bits per heavy atom. The first-order valence-electron chi connectivity index (χ1n) is 8.25. The lowest BCUT2D eigenvalue weighted by molar-refractivity contribution is 0.153. The van der Waals surface area contributed by atoms with Crippen LogP contribution in [0.2, 0.25) is 5.02 Å². The van der Waals surface area contributed by atoms with Crippen LogP contribution in [-0.4, -0.2) is 33.1 Å². The molecule has 0 N–H and O–H groups in total. The Kier molecular flexibility index (Phi) is 6.84. The van der Waals surface area contributed by atoms with E-state index in [9.17, 15) is 0 Å². The van der Waals surface area contributed by atoms with E-state index in [1.165, 1.54) is 32.1 Å². The second-order valence-corrected chi connectivity index (χ2v) is 6.58. The van der Waals surface area contributed by atoms with Gasteiger partial charge in [-0.2, -0.15) is 5.10 Å². The molecule has 1 heterocycles. The number of hydrogen-bond donors (Lipinski definition) is 0. The van der Waals surface area contributed by atoms with Gasteiger partial charge in [0.05, 0.1) is 16.4 Å². The van der Waals surface area contributed by atoms with Crippen LogP contribution in [0.5, 0.6) is 0 Å². The van der Waals surface area contributed by atoms with Gasteiger partial charge in [0.25, 0.3) is 0 Å². The number of hydrogen-bond acceptors (Lipinski definition) is 2. The van der Waals surface area contributed by atoms with Gasteiger partial charge in [-0.3, -0.25) is 9.58 Å². The number of nitrogens with zero attached hydrogens (tertiary/aromatic N) is 3. The minimum absolute atomic E-state index is 0.652. The zero-order valence-electron chi connectivity index (χ0n) is 13.2. The highest BCUT2D eigenvalue weighted by Crippen LogP contribution is 2.27. The molecule has 0 unspecified atom stereocenters. The van der Waals surface area contributed by atoms with Gasteiger partial charge in [-0.05, 0) is 26.2 Å². The molecule has 0 spiro atoms. The molecule has 0 aliphatic heterocycles. The van der Waals surface area contributed by atoms with E-state index in [4.69, 9.17) is 23.2 Å². The smallest absolute Gasteiger partial charge is 0.0863 e. The lowest BCUT2D eigenvalue weighted by Crippen LogP contribution is -2.38. The van der Waals surface area contributed by atoms with Gasteiger partial charge in [0.1, 0.15) is 0 Å². The van der Waals surface area contributed by atoms with Gasteiger partial charge in [-0.25, -0.2) is 0 Å². The van der Waals surface area contributed by atoms with E-state index in [0.29, 0.717) is 11.9 Å². The summed E-state index contributed by atoms with van der Waals surface area (Å²) in [6.45, 7) is 6.90. The van der Waals surface area contributed by atoms with Crippen LogP contribution in [0.15, 0.2) is 0 Å². The fourth-order valence-corrected chi connectivity index (χ4v) is 3.85. The van der Waals surface area contributed by atoms with Gasteiger partial charge in [0, 0.05) is 31.6 Å².